The summed E-state index contributed by atoms with van der Waals surface area (Å²) in [5.74, 6) is 1.18. The Bertz CT molecular complexity index is 882. The van der Waals surface area contributed by atoms with Gasteiger partial charge in [-0.2, -0.15) is 4.99 Å². The molecule has 0 radical (unpaired) electrons. The molecule has 2 aromatic carbocycles. The molecule has 0 amide bonds. The highest BCUT2D eigenvalue weighted by Crippen LogP contribution is 2.26. The monoisotopic (exact) mass is 362 g/mol. The van der Waals surface area contributed by atoms with Gasteiger partial charge in [-0.25, -0.2) is 4.99 Å². The molecule has 6 nitrogen and oxygen atoms in total. The number of hydrogen-bond acceptors (Lipinski definition) is 6. The highest BCUT2D eigenvalue weighted by Gasteiger charge is 2.32. The van der Waals surface area contributed by atoms with Gasteiger partial charge < -0.3 is 16.0 Å². The lowest BCUT2D eigenvalue weighted by atomic mass is 10.2. The zero-order chi connectivity index (χ0) is 18.8. The molecule has 0 saturated carbocycles. The van der Waals surface area contributed by atoms with Crippen molar-refractivity contribution in [2.75, 3.05) is 23.3 Å². The van der Waals surface area contributed by atoms with Crippen LogP contribution in [-0.2, 0) is 0 Å². The Hall–Kier alpha value is -3.02. The third-order valence-corrected chi connectivity index (χ3v) is 4.91. The highest BCUT2D eigenvalue weighted by molar-refractivity contribution is 6.06. The van der Waals surface area contributed by atoms with E-state index in [2.05, 4.69) is 81.4 Å². The molecule has 0 aliphatic carbocycles. The topological polar surface area (TPSA) is 69.2 Å². The van der Waals surface area contributed by atoms with Crippen LogP contribution < -0.4 is 16.0 Å². The Morgan fingerprint density at radius 2 is 1.70 bits per heavy atom. The number of rotatable bonds is 3. The van der Waals surface area contributed by atoms with E-state index in [1.807, 2.05) is 6.07 Å². The molecule has 1 saturated heterocycles. The molecule has 1 atom stereocenters. The van der Waals surface area contributed by atoms with Gasteiger partial charge in [-0.05, 0) is 62.1 Å². The Labute approximate surface area is 160 Å². The quantitative estimate of drug-likeness (QED) is 0.879. The molecule has 1 unspecified atom stereocenters. The SMILES string of the molecule is Cc1cccc(NC2N=C(N)N=C(N3CCCC3)N2c2cccc(C)c2)c1. The van der Waals surface area contributed by atoms with Crippen molar-refractivity contribution in [3.05, 3.63) is 59.7 Å². The molecule has 2 aliphatic heterocycles. The number of hydrogen-bond donors (Lipinski definition) is 2. The lowest BCUT2D eigenvalue weighted by molar-refractivity contribution is 0.497. The second-order valence-electron chi connectivity index (χ2n) is 7.19. The molecule has 1 fully saturated rings. The third-order valence-electron chi connectivity index (χ3n) is 4.91. The zero-order valence-corrected chi connectivity index (χ0v) is 15.9. The van der Waals surface area contributed by atoms with Crippen LogP contribution in [0.1, 0.15) is 24.0 Å². The number of nitrogens with zero attached hydrogens (tertiary/aromatic N) is 4. The van der Waals surface area contributed by atoms with Gasteiger partial charge in [0.2, 0.25) is 18.2 Å². The maximum Gasteiger partial charge on any atom is 0.222 e. The molecule has 4 rings (SSSR count). The molecule has 2 aliphatic rings. The van der Waals surface area contributed by atoms with E-state index in [-0.39, 0.29) is 6.29 Å². The summed E-state index contributed by atoms with van der Waals surface area (Å²) < 4.78 is 0. The minimum Gasteiger partial charge on any atom is -0.368 e. The zero-order valence-electron chi connectivity index (χ0n) is 15.9. The predicted octanol–water partition coefficient (Wildman–Crippen LogP) is 3.29. The fraction of sp³-hybridized carbons (Fsp3) is 0.333. The Kier molecular flexibility index (Phi) is 4.71. The van der Waals surface area contributed by atoms with Gasteiger partial charge in [0.25, 0.3) is 0 Å². The van der Waals surface area contributed by atoms with E-state index in [0.29, 0.717) is 5.96 Å². The first kappa shape index (κ1) is 17.4. The van der Waals surface area contributed by atoms with Gasteiger partial charge in [0.15, 0.2) is 0 Å². The summed E-state index contributed by atoms with van der Waals surface area (Å²) in [5.41, 5.74) is 10.6. The second-order valence-corrected chi connectivity index (χ2v) is 7.19. The molecule has 27 heavy (non-hydrogen) atoms. The normalized spacial score (nSPS) is 19.7. The molecule has 0 aromatic heterocycles. The average Bonchev–Trinajstić information content (AvgIpc) is 3.16. The molecule has 140 valence electrons. The van der Waals surface area contributed by atoms with Gasteiger partial charge >= 0.3 is 0 Å². The first-order chi connectivity index (χ1) is 13.1. The van der Waals surface area contributed by atoms with Gasteiger partial charge in [-0.3, -0.25) is 4.90 Å². The third kappa shape index (κ3) is 3.74. The summed E-state index contributed by atoms with van der Waals surface area (Å²) in [6, 6.07) is 16.7. The Morgan fingerprint density at radius 3 is 2.41 bits per heavy atom. The van der Waals surface area contributed by atoms with E-state index in [9.17, 15) is 0 Å². The summed E-state index contributed by atoms with van der Waals surface area (Å²) in [6.07, 6.45) is 2.00. The minimum absolute atomic E-state index is 0.311. The van der Waals surface area contributed by atoms with Crippen LogP contribution in [0.5, 0.6) is 0 Å². The largest absolute Gasteiger partial charge is 0.368 e. The summed E-state index contributed by atoms with van der Waals surface area (Å²) in [5, 5.41) is 3.52. The standard InChI is InChI=1S/C21H26N6/c1-15-7-5-9-17(13-15)23-20-24-19(22)25-21(26-11-3-4-12-26)27(20)18-10-6-8-16(2)14-18/h5-10,13-14,20,23H,3-4,11-12H2,1-2H3,(H2,22,24). The van der Waals surface area contributed by atoms with Crippen molar-refractivity contribution in [2.45, 2.75) is 33.0 Å². The van der Waals surface area contributed by atoms with Crippen LogP contribution in [0.2, 0.25) is 0 Å². The number of aryl methyl sites for hydroxylation is 2. The number of nitrogens with one attached hydrogen (secondary N) is 1. The van der Waals surface area contributed by atoms with Crippen molar-refractivity contribution in [1.82, 2.24) is 4.90 Å². The van der Waals surface area contributed by atoms with Gasteiger partial charge in [0.1, 0.15) is 0 Å². The van der Waals surface area contributed by atoms with Crippen LogP contribution in [0.25, 0.3) is 0 Å². The van der Waals surface area contributed by atoms with Crippen LogP contribution >= 0.6 is 0 Å². The van der Waals surface area contributed by atoms with Crippen LogP contribution in [0.3, 0.4) is 0 Å². The van der Waals surface area contributed by atoms with Gasteiger partial charge in [-0.15, -0.1) is 0 Å². The first-order valence-corrected chi connectivity index (χ1v) is 9.46. The lowest BCUT2D eigenvalue weighted by Gasteiger charge is -2.38. The molecular weight excluding hydrogens is 336 g/mol. The molecule has 6 heteroatoms. The number of nitrogens with two attached hydrogens (primary N) is 1. The van der Waals surface area contributed by atoms with E-state index in [4.69, 9.17) is 5.73 Å². The fourth-order valence-electron chi connectivity index (χ4n) is 3.63. The molecule has 2 aromatic rings. The van der Waals surface area contributed by atoms with Crippen molar-refractivity contribution in [3.8, 4) is 0 Å². The molecule has 0 spiro atoms. The fourth-order valence-corrected chi connectivity index (χ4v) is 3.63. The lowest BCUT2D eigenvalue weighted by Crippen LogP contribution is -2.54. The smallest absolute Gasteiger partial charge is 0.222 e. The number of aliphatic imine (C=N–C) groups is 2. The number of anilines is 2. The number of likely N-dealkylation sites (tertiary alicyclic amines) is 1. The van der Waals surface area contributed by atoms with E-state index in [1.165, 1.54) is 24.0 Å². The summed E-state index contributed by atoms with van der Waals surface area (Å²) in [6.45, 7) is 6.16. The van der Waals surface area contributed by atoms with Crippen LogP contribution in [0, 0.1) is 13.8 Å². The second kappa shape index (κ2) is 7.31. The first-order valence-electron chi connectivity index (χ1n) is 9.46. The summed E-state index contributed by atoms with van der Waals surface area (Å²) in [4.78, 5) is 13.7. The number of benzene rings is 2. The predicted molar refractivity (Wildman–Crippen MR) is 112 cm³/mol. The maximum absolute atomic E-state index is 6.11. The van der Waals surface area contributed by atoms with Gasteiger partial charge in [-0.1, -0.05) is 24.3 Å². The maximum atomic E-state index is 6.11. The van der Waals surface area contributed by atoms with Crippen LogP contribution in [0.15, 0.2) is 58.5 Å². The number of guanidine groups is 2. The highest BCUT2D eigenvalue weighted by atomic mass is 15.5. The molecule has 0 bridgehead atoms. The van der Waals surface area contributed by atoms with E-state index < -0.39 is 0 Å². The minimum atomic E-state index is -0.346. The summed E-state index contributed by atoms with van der Waals surface area (Å²) >= 11 is 0. The average molecular weight is 362 g/mol. The van der Waals surface area contributed by atoms with Crippen LogP contribution in [0.4, 0.5) is 11.4 Å². The van der Waals surface area contributed by atoms with Crippen molar-refractivity contribution < 1.29 is 0 Å². The van der Waals surface area contributed by atoms with Crippen molar-refractivity contribution in [2.24, 2.45) is 15.7 Å². The molecular formula is C21H26N6. The van der Waals surface area contributed by atoms with Crippen LogP contribution in [-0.4, -0.2) is 36.2 Å². The molecule has 2 heterocycles. The van der Waals surface area contributed by atoms with E-state index >= 15 is 0 Å². The van der Waals surface area contributed by atoms with Gasteiger partial charge in [0.05, 0.1) is 0 Å². The Morgan fingerprint density at radius 1 is 1.00 bits per heavy atom. The Balaban J connectivity index is 1.74. The van der Waals surface area contributed by atoms with Crippen molar-refractivity contribution in [3.63, 3.8) is 0 Å². The van der Waals surface area contributed by atoms with Crippen molar-refractivity contribution in [1.29, 1.82) is 0 Å². The van der Waals surface area contributed by atoms with Gasteiger partial charge in [0, 0.05) is 24.5 Å². The van der Waals surface area contributed by atoms with E-state index in [0.717, 1.165) is 30.4 Å². The van der Waals surface area contributed by atoms with E-state index in [1.54, 1.807) is 0 Å². The van der Waals surface area contributed by atoms with Crippen molar-refractivity contribution >= 4 is 23.3 Å². The summed E-state index contributed by atoms with van der Waals surface area (Å²) in [7, 11) is 0. The molecule has 3 N–H and O–H groups in total.